The zero-order chi connectivity index (χ0) is 18.4. The number of phenols is 1. The summed E-state index contributed by atoms with van der Waals surface area (Å²) < 4.78 is 5.59. The van der Waals surface area contributed by atoms with Crippen LogP contribution >= 0.6 is 0 Å². The number of furan rings is 1. The molecule has 0 aliphatic carbocycles. The highest BCUT2D eigenvalue weighted by molar-refractivity contribution is 5.78. The molecule has 0 amide bonds. The second-order valence-electron chi connectivity index (χ2n) is 7.09. The van der Waals surface area contributed by atoms with Gasteiger partial charge in [-0.05, 0) is 36.4 Å². The third-order valence-electron chi connectivity index (χ3n) is 5.34. The van der Waals surface area contributed by atoms with Gasteiger partial charge >= 0.3 is 0 Å². The first-order valence-corrected chi connectivity index (χ1v) is 8.97. The number of benzene rings is 2. The van der Waals surface area contributed by atoms with Crippen LogP contribution in [0, 0.1) is 0 Å². The van der Waals surface area contributed by atoms with Gasteiger partial charge in [0.25, 0.3) is 0 Å². The van der Waals surface area contributed by atoms with Gasteiger partial charge in [0.1, 0.15) is 11.3 Å². The van der Waals surface area contributed by atoms with Gasteiger partial charge in [-0.2, -0.15) is 0 Å². The van der Waals surface area contributed by atoms with Crippen molar-refractivity contribution in [3.63, 3.8) is 0 Å². The number of aromatic nitrogens is 2. The molecular formula is C22H19N3O2. The average molecular weight is 357 g/mol. The fourth-order valence-corrected chi connectivity index (χ4v) is 4.01. The Hall–Kier alpha value is -3.18. The quantitative estimate of drug-likeness (QED) is 0.583. The molecule has 3 heterocycles. The molecule has 4 aromatic rings. The summed E-state index contributed by atoms with van der Waals surface area (Å²) in [6.07, 6.45) is 6.67. The van der Waals surface area contributed by atoms with Crippen LogP contribution in [0.3, 0.4) is 0 Å². The first-order valence-electron chi connectivity index (χ1n) is 8.97. The van der Waals surface area contributed by atoms with Gasteiger partial charge in [-0.1, -0.05) is 18.2 Å². The van der Waals surface area contributed by atoms with Crippen molar-refractivity contribution in [2.24, 2.45) is 0 Å². The number of hydrogen-bond acceptors (Lipinski definition) is 5. The lowest BCUT2D eigenvalue weighted by Crippen LogP contribution is -2.31. The van der Waals surface area contributed by atoms with E-state index in [0.29, 0.717) is 18.0 Å². The first kappa shape index (κ1) is 16.0. The Morgan fingerprint density at radius 3 is 2.93 bits per heavy atom. The maximum absolute atomic E-state index is 11.0. The van der Waals surface area contributed by atoms with Gasteiger partial charge in [-0.3, -0.25) is 9.97 Å². The van der Waals surface area contributed by atoms with E-state index in [0.717, 1.165) is 34.2 Å². The summed E-state index contributed by atoms with van der Waals surface area (Å²) in [6.45, 7) is 1.60. The molecule has 134 valence electrons. The summed E-state index contributed by atoms with van der Waals surface area (Å²) in [5.41, 5.74) is 5.59. The summed E-state index contributed by atoms with van der Waals surface area (Å²) in [7, 11) is 2.08. The molecule has 0 radical (unpaired) electrons. The molecule has 1 aliphatic rings. The van der Waals surface area contributed by atoms with E-state index in [2.05, 4.69) is 46.2 Å². The fourth-order valence-electron chi connectivity index (χ4n) is 4.01. The van der Waals surface area contributed by atoms with Crippen LogP contribution in [0.5, 0.6) is 5.75 Å². The summed E-state index contributed by atoms with van der Waals surface area (Å²) >= 11 is 0. The maximum atomic E-state index is 11.0. The number of likely N-dealkylation sites (N-methyl/N-ethyl adjacent to an activating group) is 1. The second kappa shape index (κ2) is 6.21. The molecule has 0 bridgehead atoms. The topological polar surface area (TPSA) is 62.4 Å². The summed E-state index contributed by atoms with van der Waals surface area (Å²) in [6, 6.07) is 12.4. The van der Waals surface area contributed by atoms with Crippen molar-refractivity contribution in [1.82, 2.24) is 14.9 Å². The molecule has 5 rings (SSSR count). The first-order chi connectivity index (χ1) is 13.2. The average Bonchev–Trinajstić information content (AvgIpc) is 3.17. The van der Waals surface area contributed by atoms with Crippen LogP contribution in [0.4, 0.5) is 0 Å². The lowest BCUT2D eigenvalue weighted by Gasteiger charge is -2.33. The van der Waals surface area contributed by atoms with E-state index in [4.69, 9.17) is 4.42 Å². The lowest BCUT2D eigenvalue weighted by atomic mass is 9.83. The number of fused-ring (bicyclic) bond motifs is 2. The number of rotatable bonds is 2. The molecule has 27 heavy (non-hydrogen) atoms. The molecule has 0 fully saturated rings. The Labute approximate surface area is 156 Å². The number of nitrogens with zero attached hydrogens (tertiary/aromatic N) is 3. The van der Waals surface area contributed by atoms with Gasteiger partial charge in [0.2, 0.25) is 0 Å². The largest absolute Gasteiger partial charge is 0.507 e. The molecule has 2 aromatic carbocycles. The van der Waals surface area contributed by atoms with Gasteiger partial charge in [0.05, 0.1) is 18.2 Å². The van der Waals surface area contributed by atoms with Gasteiger partial charge < -0.3 is 14.4 Å². The molecule has 0 saturated carbocycles. The predicted molar refractivity (Wildman–Crippen MR) is 104 cm³/mol. The van der Waals surface area contributed by atoms with E-state index in [1.807, 2.05) is 12.1 Å². The zero-order valence-corrected chi connectivity index (χ0v) is 15.0. The lowest BCUT2D eigenvalue weighted by molar-refractivity contribution is 0.288. The van der Waals surface area contributed by atoms with E-state index < -0.39 is 0 Å². The minimum Gasteiger partial charge on any atom is -0.507 e. The van der Waals surface area contributed by atoms with Crippen LogP contribution in [0.15, 0.2) is 65.7 Å². The van der Waals surface area contributed by atoms with Crippen LogP contribution < -0.4 is 0 Å². The van der Waals surface area contributed by atoms with Crippen LogP contribution in [-0.4, -0.2) is 33.6 Å². The highest BCUT2D eigenvalue weighted by atomic mass is 16.3. The van der Waals surface area contributed by atoms with Crippen LogP contribution in [0.1, 0.15) is 22.6 Å². The minimum atomic E-state index is 0.176. The molecule has 1 atom stereocenters. The maximum Gasteiger partial charge on any atom is 0.134 e. The molecule has 0 spiro atoms. The smallest absolute Gasteiger partial charge is 0.134 e. The van der Waals surface area contributed by atoms with Crippen LogP contribution in [-0.2, 0) is 6.54 Å². The molecule has 2 aromatic heterocycles. The van der Waals surface area contributed by atoms with Crippen molar-refractivity contribution in [3.05, 3.63) is 77.9 Å². The Morgan fingerprint density at radius 1 is 1.15 bits per heavy atom. The molecule has 1 aliphatic heterocycles. The third-order valence-corrected chi connectivity index (χ3v) is 5.34. The Kier molecular flexibility index (Phi) is 3.69. The van der Waals surface area contributed by atoms with E-state index in [9.17, 15) is 5.11 Å². The predicted octanol–water partition coefficient (Wildman–Crippen LogP) is 4.17. The van der Waals surface area contributed by atoms with E-state index >= 15 is 0 Å². The zero-order valence-electron chi connectivity index (χ0n) is 15.0. The van der Waals surface area contributed by atoms with Crippen molar-refractivity contribution in [1.29, 1.82) is 0 Å². The fraction of sp³-hybridized carbons (Fsp3) is 0.182. The second-order valence-corrected chi connectivity index (χ2v) is 7.09. The van der Waals surface area contributed by atoms with Gasteiger partial charge in [0, 0.05) is 47.9 Å². The van der Waals surface area contributed by atoms with Crippen molar-refractivity contribution in [2.75, 3.05) is 13.6 Å². The van der Waals surface area contributed by atoms with Gasteiger partial charge in [0.15, 0.2) is 0 Å². The molecule has 0 saturated heterocycles. The standard InChI is InChI=1S/C22H19N3O2/c1-25-12-18(15-3-2-14-6-9-27-21(14)10-15)16-4-5-17(22(26)19(16)13-25)20-11-23-7-8-24-20/h2-11,18,26H,12-13H2,1H3. The summed E-state index contributed by atoms with van der Waals surface area (Å²) in [5.74, 6) is 0.471. The van der Waals surface area contributed by atoms with E-state index in [-0.39, 0.29) is 5.92 Å². The molecular weight excluding hydrogens is 338 g/mol. The van der Waals surface area contributed by atoms with Crippen LogP contribution in [0.25, 0.3) is 22.2 Å². The molecule has 1 unspecified atom stereocenters. The monoisotopic (exact) mass is 357 g/mol. The molecule has 5 heteroatoms. The number of phenolic OH excluding ortho intramolecular Hbond substituents is 1. The number of aromatic hydroxyl groups is 1. The summed E-state index contributed by atoms with van der Waals surface area (Å²) in [5, 5.41) is 12.1. The highest BCUT2D eigenvalue weighted by Crippen LogP contribution is 2.41. The van der Waals surface area contributed by atoms with Gasteiger partial charge in [-0.25, -0.2) is 0 Å². The Bertz CT molecular complexity index is 1120. The van der Waals surface area contributed by atoms with Crippen molar-refractivity contribution >= 4 is 11.0 Å². The van der Waals surface area contributed by atoms with E-state index in [1.165, 1.54) is 5.56 Å². The van der Waals surface area contributed by atoms with Crippen molar-refractivity contribution in [3.8, 4) is 17.0 Å². The SMILES string of the molecule is CN1Cc2c(ccc(-c3cnccn3)c2O)C(c2ccc3ccoc3c2)C1. The molecule has 1 N–H and O–H groups in total. The minimum absolute atomic E-state index is 0.176. The third kappa shape index (κ3) is 2.67. The highest BCUT2D eigenvalue weighted by Gasteiger charge is 2.28. The van der Waals surface area contributed by atoms with Crippen LogP contribution in [0.2, 0.25) is 0 Å². The Morgan fingerprint density at radius 2 is 2.07 bits per heavy atom. The van der Waals surface area contributed by atoms with Crippen molar-refractivity contribution in [2.45, 2.75) is 12.5 Å². The molecule has 5 nitrogen and oxygen atoms in total. The van der Waals surface area contributed by atoms with E-state index in [1.54, 1.807) is 24.9 Å². The van der Waals surface area contributed by atoms with Gasteiger partial charge in [-0.15, -0.1) is 0 Å². The Balaban J connectivity index is 1.64. The van der Waals surface area contributed by atoms with Crippen molar-refractivity contribution < 1.29 is 9.52 Å². The summed E-state index contributed by atoms with van der Waals surface area (Å²) in [4.78, 5) is 10.7. The number of hydrogen-bond donors (Lipinski definition) is 1. The normalized spacial score (nSPS) is 17.1.